The lowest BCUT2D eigenvalue weighted by Crippen LogP contribution is -1.94. The first-order valence-corrected chi connectivity index (χ1v) is 8.97. The zero-order valence-corrected chi connectivity index (χ0v) is 14.7. The number of para-hydroxylation sites is 2. The number of rotatable bonds is 2. The van der Waals surface area contributed by atoms with Crippen LogP contribution in [-0.2, 0) is 0 Å². The van der Waals surface area contributed by atoms with Gasteiger partial charge in [0, 0.05) is 16.5 Å². The van der Waals surface area contributed by atoms with Gasteiger partial charge in [0.05, 0.1) is 11.0 Å². The highest BCUT2D eigenvalue weighted by Crippen LogP contribution is 2.33. The van der Waals surface area contributed by atoms with Crippen molar-refractivity contribution in [1.82, 2.24) is 4.57 Å². The van der Waals surface area contributed by atoms with Gasteiger partial charge in [-0.05, 0) is 47.9 Å². The van der Waals surface area contributed by atoms with Crippen LogP contribution in [0.2, 0.25) is 0 Å². The summed E-state index contributed by atoms with van der Waals surface area (Å²) in [6.45, 7) is 2.17. The van der Waals surface area contributed by atoms with Crippen LogP contribution >= 0.6 is 0 Å². The van der Waals surface area contributed by atoms with Gasteiger partial charge in [-0.1, -0.05) is 72.8 Å². The lowest BCUT2D eigenvalue weighted by atomic mass is 10.0. The van der Waals surface area contributed by atoms with E-state index in [1.807, 2.05) is 0 Å². The second kappa shape index (κ2) is 5.89. The van der Waals surface area contributed by atoms with E-state index in [0.717, 1.165) is 0 Å². The Bertz CT molecular complexity index is 1190. The van der Waals surface area contributed by atoms with Gasteiger partial charge < -0.3 is 4.57 Å². The Hall–Kier alpha value is -3.32. The number of aromatic nitrogens is 1. The Morgan fingerprint density at radius 1 is 0.577 bits per heavy atom. The van der Waals surface area contributed by atoms with E-state index in [-0.39, 0.29) is 0 Å². The van der Waals surface area contributed by atoms with Gasteiger partial charge in [-0.25, -0.2) is 0 Å². The Morgan fingerprint density at radius 2 is 1.19 bits per heavy atom. The number of hydrogen-bond acceptors (Lipinski definition) is 0. The molecule has 0 bridgehead atoms. The summed E-state index contributed by atoms with van der Waals surface area (Å²) >= 11 is 0. The molecule has 5 aromatic rings. The molecule has 0 saturated carbocycles. The van der Waals surface area contributed by atoms with E-state index >= 15 is 0 Å². The van der Waals surface area contributed by atoms with E-state index in [2.05, 4.69) is 109 Å². The fourth-order valence-corrected chi connectivity index (χ4v) is 3.91. The highest BCUT2D eigenvalue weighted by molar-refractivity contribution is 6.09. The molecule has 0 unspecified atom stereocenters. The van der Waals surface area contributed by atoms with Crippen molar-refractivity contribution in [3.63, 3.8) is 0 Å². The predicted octanol–water partition coefficient (Wildman–Crippen LogP) is 6.76. The number of aryl methyl sites for hydroxylation is 1. The molecule has 0 fully saturated rings. The number of fused-ring (bicyclic) bond motifs is 3. The van der Waals surface area contributed by atoms with Crippen molar-refractivity contribution in [2.75, 3.05) is 0 Å². The Labute approximate surface area is 153 Å². The van der Waals surface area contributed by atoms with E-state index in [1.54, 1.807) is 0 Å². The molecule has 26 heavy (non-hydrogen) atoms. The summed E-state index contributed by atoms with van der Waals surface area (Å²) in [5.41, 5.74) is 7.53. The summed E-state index contributed by atoms with van der Waals surface area (Å²) in [5.74, 6) is 0. The van der Waals surface area contributed by atoms with Crippen molar-refractivity contribution < 1.29 is 0 Å². The molecule has 0 N–H and O–H groups in total. The summed E-state index contributed by atoms with van der Waals surface area (Å²) in [7, 11) is 0. The maximum absolute atomic E-state index is 2.37. The molecule has 1 heteroatoms. The number of benzene rings is 4. The smallest absolute Gasteiger partial charge is 0.0541 e. The van der Waals surface area contributed by atoms with Gasteiger partial charge in [0.25, 0.3) is 0 Å². The first-order chi connectivity index (χ1) is 12.8. The van der Waals surface area contributed by atoms with Crippen molar-refractivity contribution in [2.45, 2.75) is 6.92 Å². The van der Waals surface area contributed by atoms with Gasteiger partial charge in [0.1, 0.15) is 0 Å². The molecule has 0 saturated heterocycles. The van der Waals surface area contributed by atoms with Crippen molar-refractivity contribution in [1.29, 1.82) is 0 Å². The van der Waals surface area contributed by atoms with Crippen LogP contribution < -0.4 is 0 Å². The van der Waals surface area contributed by atoms with Crippen LogP contribution in [0.5, 0.6) is 0 Å². The third-order valence-electron chi connectivity index (χ3n) is 5.14. The lowest BCUT2D eigenvalue weighted by molar-refractivity contribution is 1.18. The molecule has 1 aromatic heterocycles. The first-order valence-electron chi connectivity index (χ1n) is 8.97. The highest BCUT2D eigenvalue weighted by atomic mass is 15.0. The summed E-state index contributed by atoms with van der Waals surface area (Å²) in [6, 6.07) is 34.7. The average Bonchev–Trinajstić information content (AvgIpc) is 3.03. The van der Waals surface area contributed by atoms with Gasteiger partial charge in [0.15, 0.2) is 0 Å². The molecule has 0 aliphatic heterocycles. The summed E-state index contributed by atoms with van der Waals surface area (Å²) in [5, 5.41) is 2.59. The predicted molar refractivity (Wildman–Crippen MR) is 111 cm³/mol. The van der Waals surface area contributed by atoms with Crippen molar-refractivity contribution >= 4 is 21.8 Å². The van der Waals surface area contributed by atoms with Crippen LogP contribution in [0.15, 0.2) is 97.1 Å². The van der Waals surface area contributed by atoms with Crippen LogP contribution in [0.3, 0.4) is 0 Å². The Balaban J connectivity index is 1.81. The van der Waals surface area contributed by atoms with Crippen LogP contribution in [0, 0.1) is 6.92 Å². The molecule has 0 aliphatic rings. The molecule has 1 heterocycles. The highest BCUT2D eigenvalue weighted by Gasteiger charge is 2.12. The molecule has 124 valence electrons. The monoisotopic (exact) mass is 333 g/mol. The maximum Gasteiger partial charge on any atom is 0.0541 e. The largest absolute Gasteiger partial charge is 0.309 e. The third kappa shape index (κ3) is 2.25. The van der Waals surface area contributed by atoms with E-state index in [1.165, 1.54) is 44.2 Å². The van der Waals surface area contributed by atoms with Crippen molar-refractivity contribution in [3.05, 3.63) is 103 Å². The van der Waals surface area contributed by atoms with Gasteiger partial charge >= 0.3 is 0 Å². The molecule has 0 amide bonds. The summed E-state index contributed by atoms with van der Waals surface area (Å²) < 4.78 is 2.37. The van der Waals surface area contributed by atoms with E-state index in [4.69, 9.17) is 0 Å². The summed E-state index contributed by atoms with van der Waals surface area (Å²) in [4.78, 5) is 0. The zero-order chi connectivity index (χ0) is 17.5. The fourth-order valence-electron chi connectivity index (χ4n) is 3.91. The van der Waals surface area contributed by atoms with Gasteiger partial charge in [-0.15, -0.1) is 0 Å². The zero-order valence-electron chi connectivity index (χ0n) is 14.7. The third-order valence-corrected chi connectivity index (χ3v) is 5.14. The minimum absolute atomic E-state index is 1.20. The topological polar surface area (TPSA) is 4.93 Å². The average molecular weight is 333 g/mol. The fraction of sp³-hybridized carbons (Fsp3) is 0.0400. The minimum Gasteiger partial charge on any atom is -0.309 e. The number of hydrogen-bond donors (Lipinski definition) is 0. The summed E-state index contributed by atoms with van der Waals surface area (Å²) in [6.07, 6.45) is 0. The lowest BCUT2D eigenvalue weighted by Gasteiger charge is -2.11. The second-order valence-electron chi connectivity index (χ2n) is 6.73. The van der Waals surface area contributed by atoms with Crippen molar-refractivity contribution in [3.8, 4) is 16.8 Å². The Morgan fingerprint density at radius 3 is 1.88 bits per heavy atom. The van der Waals surface area contributed by atoms with Crippen LogP contribution in [-0.4, -0.2) is 4.57 Å². The van der Waals surface area contributed by atoms with E-state index in [0.29, 0.717) is 0 Å². The van der Waals surface area contributed by atoms with Crippen LogP contribution in [0.4, 0.5) is 0 Å². The van der Waals surface area contributed by atoms with Crippen molar-refractivity contribution in [2.24, 2.45) is 0 Å². The second-order valence-corrected chi connectivity index (χ2v) is 6.73. The van der Waals surface area contributed by atoms with E-state index < -0.39 is 0 Å². The quantitative estimate of drug-likeness (QED) is 0.336. The van der Waals surface area contributed by atoms with E-state index in [9.17, 15) is 0 Å². The standard InChI is InChI=1S/C25H19N/c1-18-9-2-3-12-21(18)19-10-8-11-20(17-19)26-24-15-6-4-13-22(24)23-14-5-7-16-25(23)26/h2-17H,1H3. The molecule has 0 spiro atoms. The molecule has 0 radical (unpaired) electrons. The van der Waals surface area contributed by atoms with Gasteiger partial charge in [-0.3, -0.25) is 0 Å². The maximum atomic E-state index is 2.37. The number of nitrogens with zero attached hydrogens (tertiary/aromatic N) is 1. The van der Waals surface area contributed by atoms with Crippen LogP contribution in [0.1, 0.15) is 5.56 Å². The molecule has 4 aromatic carbocycles. The molecule has 0 atom stereocenters. The normalized spacial score (nSPS) is 11.3. The first kappa shape index (κ1) is 15.0. The molecule has 5 rings (SSSR count). The Kier molecular flexibility index (Phi) is 3.39. The molecular weight excluding hydrogens is 314 g/mol. The molecule has 0 aliphatic carbocycles. The minimum atomic E-state index is 1.20. The van der Waals surface area contributed by atoms with Gasteiger partial charge in [0.2, 0.25) is 0 Å². The van der Waals surface area contributed by atoms with Crippen LogP contribution in [0.25, 0.3) is 38.6 Å². The molecule has 1 nitrogen and oxygen atoms in total. The molecular formula is C25H19N. The van der Waals surface area contributed by atoms with Gasteiger partial charge in [-0.2, -0.15) is 0 Å². The SMILES string of the molecule is Cc1ccccc1-c1cccc(-n2c3ccccc3c3ccccc32)c1.